The van der Waals surface area contributed by atoms with Gasteiger partial charge in [0.15, 0.2) is 5.69 Å². The van der Waals surface area contributed by atoms with Crippen LogP contribution in [0.25, 0.3) is 16.0 Å². The molecule has 0 aliphatic carbocycles. The Morgan fingerprint density at radius 2 is 1.86 bits per heavy atom. The zero-order valence-corrected chi connectivity index (χ0v) is 11.6. The van der Waals surface area contributed by atoms with Gasteiger partial charge in [0, 0.05) is 10.6 Å². The summed E-state index contributed by atoms with van der Waals surface area (Å²) < 4.78 is 44.1. The Bertz CT molecular complexity index is 720. The molecule has 2 aromatic carbocycles. The maximum atomic E-state index is 13.0. The molecule has 6 heteroatoms. The van der Waals surface area contributed by atoms with E-state index in [1.54, 1.807) is 12.1 Å². The van der Waals surface area contributed by atoms with Crippen LogP contribution in [0, 0.1) is 6.57 Å². The number of hydrogen-bond acceptors (Lipinski definition) is 1. The van der Waals surface area contributed by atoms with Gasteiger partial charge in [0.25, 0.3) is 0 Å². The first-order valence-electron chi connectivity index (χ1n) is 5.79. The molecule has 0 aliphatic heterocycles. The molecule has 0 aromatic heterocycles. The van der Waals surface area contributed by atoms with Crippen LogP contribution < -0.4 is 4.74 Å². The molecule has 0 atom stereocenters. The van der Waals surface area contributed by atoms with Gasteiger partial charge < -0.3 is 4.74 Å². The van der Waals surface area contributed by atoms with E-state index in [0.717, 1.165) is 12.1 Å². The second-order valence-corrected chi connectivity index (χ2v) is 4.62. The zero-order valence-electron chi connectivity index (χ0n) is 10.8. The van der Waals surface area contributed by atoms with E-state index in [-0.39, 0.29) is 5.56 Å². The van der Waals surface area contributed by atoms with Gasteiger partial charge in [0.05, 0.1) is 19.2 Å². The highest BCUT2D eigenvalue weighted by Crippen LogP contribution is 2.41. The minimum atomic E-state index is -4.60. The topological polar surface area (TPSA) is 13.6 Å². The highest BCUT2D eigenvalue weighted by atomic mass is 35.5. The van der Waals surface area contributed by atoms with E-state index in [0.29, 0.717) is 16.3 Å². The molecule has 0 amide bonds. The number of methoxy groups -OCH3 is 1. The zero-order chi connectivity index (χ0) is 15.6. The number of rotatable bonds is 2. The van der Waals surface area contributed by atoms with E-state index in [9.17, 15) is 13.2 Å². The minimum absolute atomic E-state index is 0.286. The van der Waals surface area contributed by atoms with Gasteiger partial charge in [-0.15, -0.1) is 0 Å². The lowest BCUT2D eigenvalue weighted by Gasteiger charge is -2.13. The monoisotopic (exact) mass is 311 g/mol. The molecule has 2 aromatic rings. The van der Waals surface area contributed by atoms with E-state index in [1.807, 2.05) is 0 Å². The van der Waals surface area contributed by atoms with Crippen molar-refractivity contribution in [1.82, 2.24) is 0 Å². The number of ether oxygens (including phenoxy) is 1. The third-order valence-corrected chi connectivity index (χ3v) is 3.13. The highest BCUT2D eigenvalue weighted by Gasteiger charge is 2.33. The molecule has 0 aliphatic rings. The van der Waals surface area contributed by atoms with Crippen LogP contribution >= 0.6 is 11.6 Å². The molecule has 0 saturated heterocycles. The van der Waals surface area contributed by atoms with Crippen molar-refractivity contribution in [2.45, 2.75) is 6.18 Å². The van der Waals surface area contributed by atoms with Gasteiger partial charge >= 0.3 is 6.18 Å². The van der Waals surface area contributed by atoms with Crippen LogP contribution in [-0.4, -0.2) is 7.11 Å². The van der Waals surface area contributed by atoms with Crippen molar-refractivity contribution in [2.75, 3.05) is 7.11 Å². The summed E-state index contributed by atoms with van der Waals surface area (Å²) in [6.07, 6.45) is -4.60. The van der Waals surface area contributed by atoms with Crippen molar-refractivity contribution in [1.29, 1.82) is 0 Å². The lowest BCUT2D eigenvalue weighted by atomic mass is 10.0. The first-order chi connectivity index (χ1) is 9.86. The van der Waals surface area contributed by atoms with Gasteiger partial charge in [-0.25, -0.2) is 4.85 Å². The van der Waals surface area contributed by atoms with Crippen LogP contribution in [0.1, 0.15) is 5.56 Å². The van der Waals surface area contributed by atoms with Gasteiger partial charge in [-0.1, -0.05) is 29.8 Å². The van der Waals surface area contributed by atoms with Crippen molar-refractivity contribution in [2.24, 2.45) is 0 Å². The smallest absolute Gasteiger partial charge is 0.407 e. The Balaban J connectivity index is 2.67. The summed E-state index contributed by atoms with van der Waals surface area (Å²) >= 11 is 5.89. The van der Waals surface area contributed by atoms with E-state index < -0.39 is 17.4 Å². The molecule has 0 unspecified atom stereocenters. The van der Waals surface area contributed by atoms with Crippen molar-refractivity contribution in [3.05, 3.63) is 58.4 Å². The number of nitrogens with zero attached hydrogens (tertiary/aromatic N) is 1. The van der Waals surface area contributed by atoms with Gasteiger partial charge in [0.2, 0.25) is 0 Å². The molecule has 0 fully saturated rings. The van der Waals surface area contributed by atoms with E-state index in [2.05, 4.69) is 4.85 Å². The first-order valence-corrected chi connectivity index (χ1v) is 6.17. The Kier molecular flexibility index (Phi) is 4.10. The van der Waals surface area contributed by atoms with Crippen molar-refractivity contribution >= 4 is 17.3 Å². The van der Waals surface area contributed by atoms with Crippen molar-refractivity contribution in [3.63, 3.8) is 0 Å². The lowest BCUT2D eigenvalue weighted by molar-refractivity contribution is -0.136. The molecule has 0 N–H and O–H groups in total. The summed E-state index contributed by atoms with van der Waals surface area (Å²) in [6, 6.07) is 8.20. The first kappa shape index (κ1) is 15.2. The normalized spacial score (nSPS) is 11.0. The van der Waals surface area contributed by atoms with E-state index in [4.69, 9.17) is 22.9 Å². The third kappa shape index (κ3) is 3.11. The minimum Gasteiger partial charge on any atom is -0.496 e. The second-order valence-electron chi connectivity index (χ2n) is 4.19. The molecule has 0 saturated carbocycles. The van der Waals surface area contributed by atoms with Crippen molar-refractivity contribution in [3.8, 4) is 16.9 Å². The lowest BCUT2D eigenvalue weighted by Crippen LogP contribution is -2.05. The Hall–Kier alpha value is -2.19. The summed E-state index contributed by atoms with van der Waals surface area (Å²) in [5, 5.41) is 0.383. The average molecular weight is 312 g/mol. The number of alkyl halides is 3. The fourth-order valence-corrected chi connectivity index (χ4v) is 2.11. The third-order valence-electron chi connectivity index (χ3n) is 2.89. The predicted octanol–water partition coefficient (Wildman–Crippen LogP) is 5.59. The molecular formula is C15H9ClF3NO. The Morgan fingerprint density at radius 3 is 2.43 bits per heavy atom. The summed E-state index contributed by atoms with van der Waals surface area (Å²) in [5.41, 5.74) is -0.689. The summed E-state index contributed by atoms with van der Waals surface area (Å²) in [4.78, 5) is 2.90. The predicted molar refractivity (Wildman–Crippen MR) is 74.7 cm³/mol. The molecule has 2 nitrogen and oxygen atoms in total. The fraction of sp³-hybridized carbons (Fsp3) is 0.133. The standard InChI is InChI=1S/C15H9ClF3NO/c1-20-13-5-3-9(7-12(13)15(17,18)19)11-8-10(16)4-6-14(11)21-2/h3-8H,2H3. The van der Waals surface area contributed by atoms with Crippen molar-refractivity contribution < 1.29 is 17.9 Å². The van der Waals surface area contributed by atoms with Gasteiger partial charge in [-0.05, 0) is 23.8 Å². The molecule has 108 valence electrons. The van der Waals surface area contributed by atoms with Crippen LogP contribution in [0.4, 0.5) is 18.9 Å². The molecular weight excluding hydrogens is 303 g/mol. The highest BCUT2D eigenvalue weighted by molar-refractivity contribution is 6.31. The summed E-state index contributed by atoms with van der Waals surface area (Å²) in [6.45, 7) is 6.83. The quantitative estimate of drug-likeness (QED) is 0.660. The molecule has 0 radical (unpaired) electrons. The molecule has 0 heterocycles. The van der Waals surface area contributed by atoms with Gasteiger partial charge in [0.1, 0.15) is 5.75 Å². The van der Waals surface area contributed by atoms with Crippen LogP contribution in [0.15, 0.2) is 36.4 Å². The van der Waals surface area contributed by atoms with Crippen LogP contribution in [-0.2, 0) is 6.18 Å². The maximum Gasteiger partial charge on any atom is 0.407 e. The molecule has 0 spiro atoms. The summed E-state index contributed by atoms with van der Waals surface area (Å²) in [5.74, 6) is 0.406. The fourth-order valence-electron chi connectivity index (χ4n) is 1.93. The second kappa shape index (κ2) is 5.66. The summed E-state index contributed by atoms with van der Waals surface area (Å²) in [7, 11) is 1.42. The average Bonchev–Trinajstić information content (AvgIpc) is 2.45. The Morgan fingerprint density at radius 1 is 1.14 bits per heavy atom. The number of benzene rings is 2. The number of hydrogen-bond donors (Lipinski definition) is 0. The SMILES string of the molecule is [C-]#[N+]c1ccc(-c2cc(Cl)ccc2OC)cc1C(F)(F)F. The van der Waals surface area contributed by atoms with Crippen LogP contribution in [0.2, 0.25) is 5.02 Å². The van der Waals surface area contributed by atoms with Crippen LogP contribution in [0.3, 0.4) is 0 Å². The molecule has 0 bridgehead atoms. The van der Waals surface area contributed by atoms with E-state index >= 15 is 0 Å². The molecule has 2 rings (SSSR count). The number of halogens is 4. The van der Waals surface area contributed by atoms with Gasteiger partial charge in [-0.3, -0.25) is 0 Å². The van der Waals surface area contributed by atoms with Crippen LogP contribution in [0.5, 0.6) is 5.75 Å². The largest absolute Gasteiger partial charge is 0.496 e. The molecule has 21 heavy (non-hydrogen) atoms. The maximum absolute atomic E-state index is 13.0. The van der Waals surface area contributed by atoms with Gasteiger partial charge in [-0.2, -0.15) is 13.2 Å². The Labute approximate surface area is 124 Å². The van der Waals surface area contributed by atoms with E-state index in [1.165, 1.54) is 19.2 Å².